The predicted octanol–water partition coefficient (Wildman–Crippen LogP) is 1.65. The highest BCUT2D eigenvalue weighted by Crippen LogP contribution is 2.18. The van der Waals surface area contributed by atoms with Gasteiger partial charge in [-0.25, -0.2) is 0 Å². The van der Waals surface area contributed by atoms with Gasteiger partial charge in [-0.2, -0.15) is 0 Å². The Morgan fingerprint density at radius 1 is 1.44 bits per heavy atom. The van der Waals surface area contributed by atoms with Crippen LogP contribution in [-0.2, 0) is 0 Å². The monoisotopic (exact) mass is 250 g/mol. The lowest BCUT2D eigenvalue weighted by Crippen LogP contribution is -2.43. The van der Waals surface area contributed by atoms with Crippen molar-refractivity contribution in [3.8, 4) is 0 Å². The van der Waals surface area contributed by atoms with Crippen molar-refractivity contribution in [2.75, 3.05) is 13.2 Å². The van der Waals surface area contributed by atoms with E-state index in [0.29, 0.717) is 18.7 Å². The van der Waals surface area contributed by atoms with Gasteiger partial charge in [-0.05, 0) is 17.5 Å². The summed E-state index contributed by atoms with van der Waals surface area (Å²) in [6, 6.07) is 5.31. The van der Waals surface area contributed by atoms with Gasteiger partial charge in [-0.1, -0.05) is 26.8 Å². The molecule has 1 unspecified atom stereocenters. The van der Waals surface area contributed by atoms with Crippen molar-refractivity contribution in [1.29, 1.82) is 0 Å². The van der Waals surface area contributed by atoms with E-state index >= 15 is 0 Å². The largest absolute Gasteiger partial charge is 0.395 e. The van der Waals surface area contributed by atoms with E-state index in [4.69, 9.17) is 0 Å². The molecule has 0 spiro atoms. The number of hydrogen-bond donors (Lipinski definition) is 2. The summed E-state index contributed by atoms with van der Waals surface area (Å²) in [5.74, 6) is 0.0219. The standard InChI is InChI=1S/C14H22N2O2/c1-14(2,3)13(10-17)16-9-7-12(18)11-6-4-5-8-15-11/h4-6,8,13,16-17H,7,9-10H2,1-3H3. The Hall–Kier alpha value is -1.26. The molecule has 0 radical (unpaired) electrons. The Bertz CT molecular complexity index is 371. The van der Waals surface area contributed by atoms with E-state index in [-0.39, 0.29) is 23.8 Å². The summed E-state index contributed by atoms with van der Waals surface area (Å²) in [5, 5.41) is 12.5. The Labute approximate surface area is 108 Å². The maximum absolute atomic E-state index is 11.8. The third kappa shape index (κ3) is 4.55. The van der Waals surface area contributed by atoms with Crippen LogP contribution in [0.1, 0.15) is 37.7 Å². The second kappa shape index (κ2) is 6.61. The molecule has 0 aromatic carbocycles. The van der Waals surface area contributed by atoms with Crippen LogP contribution in [0.15, 0.2) is 24.4 Å². The highest BCUT2D eigenvalue weighted by Gasteiger charge is 2.23. The first kappa shape index (κ1) is 14.8. The fourth-order valence-corrected chi connectivity index (χ4v) is 1.66. The summed E-state index contributed by atoms with van der Waals surface area (Å²) < 4.78 is 0. The van der Waals surface area contributed by atoms with Crippen LogP contribution >= 0.6 is 0 Å². The molecule has 0 fully saturated rings. The average Bonchev–Trinajstić information content (AvgIpc) is 2.34. The molecule has 4 nitrogen and oxygen atoms in total. The number of pyridine rings is 1. The molecule has 1 atom stereocenters. The highest BCUT2D eigenvalue weighted by atomic mass is 16.3. The Morgan fingerprint density at radius 2 is 2.17 bits per heavy atom. The van der Waals surface area contributed by atoms with Crippen molar-refractivity contribution in [2.45, 2.75) is 33.2 Å². The number of carbonyl (C=O) groups excluding carboxylic acids is 1. The van der Waals surface area contributed by atoms with Crippen LogP contribution < -0.4 is 5.32 Å². The zero-order chi connectivity index (χ0) is 13.6. The van der Waals surface area contributed by atoms with Crippen molar-refractivity contribution in [2.24, 2.45) is 5.41 Å². The first-order valence-corrected chi connectivity index (χ1v) is 6.23. The summed E-state index contributed by atoms with van der Waals surface area (Å²) in [4.78, 5) is 15.8. The first-order valence-electron chi connectivity index (χ1n) is 6.23. The van der Waals surface area contributed by atoms with Gasteiger partial charge >= 0.3 is 0 Å². The molecule has 0 saturated carbocycles. The first-order chi connectivity index (χ1) is 8.45. The van der Waals surface area contributed by atoms with E-state index in [2.05, 4.69) is 31.1 Å². The predicted molar refractivity (Wildman–Crippen MR) is 71.5 cm³/mol. The third-order valence-corrected chi connectivity index (χ3v) is 2.92. The number of Topliss-reactive ketones (excluding diaryl/α,β-unsaturated/α-hetero) is 1. The number of rotatable bonds is 6. The van der Waals surface area contributed by atoms with Crippen LogP contribution in [-0.4, -0.2) is 35.1 Å². The van der Waals surface area contributed by atoms with Crippen molar-refractivity contribution in [1.82, 2.24) is 10.3 Å². The van der Waals surface area contributed by atoms with E-state index < -0.39 is 0 Å². The Morgan fingerprint density at radius 3 is 2.67 bits per heavy atom. The van der Waals surface area contributed by atoms with Gasteiger partial charge in [-0.3, -0.25) is 9.78 Å². The minimum atomic E-state index is -0.0250. The quantitative estimate of drug-likeness (QED) is 0.754. The minimum Gasteiger partial charge on any atom is -0.395 e. The SMILES string of the molecule is CC(C)(C)C(CO)NCCC(=O)c1ccccn1. The van der Waals surface area contributed by atoms with Gasteiger partial charge in [0.15, 0.2) is 5.78 Å². The number of nitrogens with zero attached hydrogens (tertiary/aromatic N) is 1. The number of nitrogens with one attached hydrogen (secondary N) is 1. The van der Waals surface area contributed by atoms with Crippen LogP contribution in [0.3, 0.4) is 0 Å². The summed E-state index contributed by atoms with van der Waals surface area (Å²) in [6.45, 7) is 6.80. The molecule has 0 aliphatic rings. The fourth-order valence-electron chi connectivity index (χ4n) is 1.66. The Balaban J connectivity index is 2.40. The van der Waals surface area contributed by atoms with E-state index in [1.807, 2.05) is 0 Å². The van der Waals surface area contributed by atoms with Crippen molar-refractivity contribution >= 4 is 5.78 Å². The molecule has 18 heavy (non-hydrogen) atoms. The number of aliphatic hydroxyl groups is 1. The van der Waals surface area contributed by atoms with Crippen LogP contribution in [0.2, 0.25) is 0 Å². The van der Waals surface area contributed by atoms with E-state index in [0.717, 1.165) is 0 Å². The molecular formula is C14H22N2O2. The highest BCUT2D eigenvalue weighted by molar-refractivity contribution is 5.94. The van der Waals surface area contributed by atoms with Crippen LogP contribution in [0.5, 0.6) is 0 Å². The van der Waals surface area contributed by atoms with Gasteiger partial charge in [0.05, 0.1) is 6.61 Å². The third-order valence-electron chi connectivity index (χ3n) is 2.92. The normalized spacial score (nSPS) is 13.3. The zero-order valence-corrected chi connectivity index (χ0v) is 11.3. The average molecular weight is 250 g/mol. The summed E-state index contributed by atoms with van der Waals surface area (Å²) >= 11 is 0. The topological polar surface area (TPSA) is 62.2 Å². The minimum absolute atomic E-state index is 0.00553. The molecule has 0 aliphatic carbocycles. The van der Waals surface area contributed by atoms with E-state index in [9.17, 15) is 9.90 Å². The van der Waals surface area contributed by atoms with E-state index in [1.165, 1.54) is 0 Å². The number of carbonyl (C=O) groups is 1. The molecule has 0 amide bonds. The molecule has 0 aliphatic heterocycles. The number of ketones is 1. The van der Waals surface area contributed by atoms with Gasteiger partial charge in [0, 0.05) is 25.2 Å². The fraction of sp³-hybridized carbons (Fsp3) is 0.571. The summed E-state index contributed by atoms with van der Waals surface area (Å²) in [5.41, 5.74) is 0.471. The lowest BCUT2D eigenvalue weighted by Gasteiger charge is -2.29. The maximum Gasteiger partial charge on any atom is 0.182 e. The molecule has 1 aromatic heterocycles. The van der Waals surface area contributed by atoms with E-state index in [1.54, 1.807) is 24.4 Å². The van der Waals surface area contributed by atoms with Crippen LogP contribution in [0, 0.1) is 5.41 Å². The molecule has 2 N–H and O–H groups in total. The van der Waals surface area contributed by atoms with Gasteiger partial charge in [0.1, 0.15) is 5.69 Å². The lowest BCUT2D eigenvalue weighted by molar-refractivity contribution is 0.0967. The van der Waals surface area contributed by atoms with Gasteiger partial charge in [0.2, 0.25) is 0 Å². The van der Waals surface area contributed by atoms with Crippen molar-refractivity contribution in [3.05, 3.63) is 30.1 Å². The number of aliphatic hydroxyl groups excluding tert-OH is 1. The van der Waals surface area contributed by atoms with Gasteiger partial charge in [0.25, 0.3) is 0 Å². The molecule has 100 valence electrons. The number of hydrogen-bond acceptors (Lipinski definition) is 4. The molecule has 4 heteroatoms. The van der Waals surface area contributed by atoms with Crippen LogP contribution in [0.25, 0.3) is 0 Å². The smallest absolute Gasteiger partial charge is 0.182 e. The Kier molecular flexibility index (Phi) is 5.44. The van der Waals surface area contributed by atoms with Crippen molar-refractivity contribution in [3.63, 3.8) is 0 Å². The van der Waals surface area contributed by atoms with Gasteiger partial charge < -0.3 is 10.4 Å². The van der Waals surface area contributed by atoms with Crippen molar-refractivity contribution < 1.29 is 9.90 Å². The molecule has 1 rings (SSSR count). The zero-order valence-electron chi connectivity index (χ0n) is 11.3. The van der Waals surface area contributed by atoms with Gasteiger partial charge in [-0.15, -0.1) is 0 Å². The van der Waals surface area contributed by atoms with Crippen LogP contribution in [0.4, 0.5) is 0 Å². The summed E-state index contributed by atoms with van der Waals surface area (Å²) in [6.07, 6.45) is 2.01. The second-order valence-electron chi connectivity index (χ2n) is 5.44. The lowest BCUT2D eigenvalue weighted by atomic mass is 9.87. The second-order valence-corrected chi connectivity index (χ2v) is 5.44. The number of aromatic nitrogens is 1. The molecule has 0 bridgehead atoms. The molecule has 0 saturated heterocycles. The summed E-state index contributed by atoms with van der Waals surface area (Å²) in [7, 11) is 0. The maximum atomic E-state index is 11.8. The molecule has 1 aromatic rings. The molecule has 1 heterocycles. The molecular weight excluding hydrogens is 228 g/mol.